The van der Waals surface area contributed by atoms with Gasteiger partial charge in [0.2, 0.25) is 9.84 Å². The summed E-state index contributed by atoms with van der Waals surface area (Å²) in [6.07, 6.45) is 0. The van der Waals surface area contributed by atoms with Gasteiger partial charge < -0.3 is 0 Å². The van der Waals surface area contributed by atoms with Crippen molar-refractivity contribution in [3.8, 4) is 22.3 Å². The standard InChI is InChI=1S/C26H20F2O2S/c1-17-7-3-5-9-21(17)19-11-13-25(23(27)15-19)31(29,30)26-14-12-20(16-24(26)28)22-10-6-4-8-18(22)2/h3-16H,1-2H3. The number of sulfone groups is 1. The Balaban J connectivity index is 1.75. The largest absolute Gasteiger partial charge is 0.218 e. The van der Waals surface area contributed by atoms with Crippen molar-refractivity contribution in [2.24, 2.45) is 0 Å². The Hall–Kier alpha value is -3.31. The van der Waals surface area contributed by atoms with E-state index in [1.165, 1.54) is 36.4 Å². The molecule has 0 radical (unpaired) electrons. The first-order valence-electron chi connectivity index (χ1n) is 9.75. The SMILES string of the molecule is Cc1ccccc1-c1ccc(S(=O)(=O)c2ccc(-c3ccccc3C)cc2F)c(F)c1. The Morgan fingerprint density at radius 2 is 0.968 bits per heavy atom. The Morgan fingerprint density at radius 3 is 1.32 bits per heavy atom. The molecule has 0 saturated carbocycles. The minimum Gasteiger partial charge on any atom is -0.218 e. The molecule has 156 valence electrons. The van der Waals surface area contributed by atoms with Gasteiger partial charge in [0.15, 0.2) is 0 Å². The fourth-order valence-corrected chi connectivity index (χ4v) is 5.05. The highest BCUT2D eigenvalue weighted by atomic mass is 32.2. The molecular weight excluding hydrogens is 414 g/mol. The van der Waals surface area contributed by atoms with Crippen LogP contribution >= 0.6 is 0 Å². The molecule has 0 spiro atoms. The zero-order valence-electron chi connectivity index (χ0n) is 17.1. The Bertz CT molecular complexity index is 1290. The predicted molar refractivity (Wildman–Crippen MR) is 119 cm³/mol. The predicted octanol–water partition coefficient (Wildman–Crippen LogP) is 6.75. The van der Waals surface area contributed by atoms with E-state index < -0.39 is 31.3 Å². The van der Waals surface area contributed by atoms with Crippen LogP contribution in [0.2, 0.25) is 0 Å². The summed E-state index contributed by atoms with van der Waals surface area (Å²) < 4.78 is 55.8. The fourth-order valence-electron chi connectivity index (χ4n) is 3.68. The van der Waals surface area contributed by atoms with Crippen LogP contribution in [0.1, 0.15) is 11.1 Å². The second-order valence-electron chi connectivity index (χ2n) is 7.42. The number of halogens is 2. The van der Waals surface area contributed by atoms with Crippen LogP contribution in [0, 0.1) is 25.5 Å². The van der Waals surface area contributed by atoms with Crippen LogP contribution < -0.4 is 0 Å². The van der Waals surface area contributed by atoms with Crippen LogP contribution in [-0.2, 0) is 9.84 Å². The Morgan fingerprint density at radius 1 is 0.581 bits per heavy atom. The van der Waals surface area contributed by atoms with E-state index in [2.05, 4.69) is 0 Å². The van der Waals surface area contributed by atoms with Gasteiger partial charge in [-0.15, -0.1) is 0 Å². The molecule has 0 aromatic heterocycles. The summed E-state index contributed by atoms with van der Waals surface area (Å²) in [6.45, 7) is 3.78. The van der Waals surface area contributed by atoms with E-state index >= 15 is 0 Å². The summed E-state index contributed by atoms with van der Waals surface area (Å²) in [4.78, 5) is -1.10. The van der Waals surface area contributed by atoms with Gasteiger partial charge in [0.1, 0.15) is 21.4 Å². The highest BCUT2D eigenvalue weighted by Crippen LogP contribution is 2.32. The summed E-state index contributed by atoms with van der Waals surface area (Å²) in [5, 5.41) is 0. The van der Waals surface area contributed by atoms with E-state index in [-0.39, 0.29) is 0 Å². The van der Waals surface area contributed by atoms with Crippen LogP contribution in [0.5, 0.6) is 0 Å². The maximum absolute atomic E-state index is 14.9. The molecule has 0 heterocycles. The third kappa shape index (κ3) is 3.89. The van der Waals surface area contributed by atoms with Crippen LogP contribution in [0.25, 0.3) is 22.3 Å². The van der Waals surface area contributed by atoms with Gasteiger partial charge >= 0.3 is 0 Å². The van der Waals surface area contributed by atoms with Crippen molar-refractivity contribution in [1.82, 2.24) is 0 Å². The highest BCUT2D eigenvalue weighted by molar-refractivity contribution is 7.91. The van der Waals surface area contributed by atoms with E-state index in [1.807, 2.05) is 62.4 Å². The van der Waals surface area contributed by atoms with E-state index in [9.17, 15) is 17.2 Å². The number of rotatable bonds is 4. The average molecular weight is 435 g/mol. The zero-order valence-corrected chi connectivity index (χ0v) is 17.9. The molecule has 0 unspecified atom stereocenters. The maximum atomic E-state index is 14.9. The van der Waals surface area contributed by atoms with Crippen LogP contribution in [0.3, 0.4) is 0 Å². The summed E-state index contributed by atoms with van der Waals surface area (Å²) in [5.74, 6) is -1.83. The van der Waals surface area contributed by atoms with Crippen molar-refractivity contribution < 1.29 is 17.2 Å². The molecule has 0 saturated heterocycles. The summed E-state index contributed by atoms with van der Waals surface area (Å²) in [7, 11) is -4.37. The molecule has 2 nitrogen and oxygen atoms in total. The summed E-state index contributed by atoms with van der Waals surface area (Å²) in [6, 6.07) is 22.7. The smallest absolute Gasteiger partial charge is 0.212 e. The Kier molecular flexibility index (Phi) is 5.46. The molecular formula is C26H20F2O2S. The molecule has 4 aromatic carbocycles. The number of benzene rings is 4. The normalized spacial score (nSPS) is 11.5. The molecule has 4 rings (SSSR count). The van der Waals surface area contributed by atoms with Gasteiger partial charge in [-0.25, -0.2) is 17.2 Å². The molecule has 4 aromatic rings. The van der Waals surface area contributed by atoms with Crippen LogP contribution in [0.15, 0.2) is 94.7 Å². The molecule has 0 amide bonds. The van der Waals surface area contributed by atoms with Gasteiger partial charge in [-0.1, -0.05) is 60.7 Å². The van der Waals surface area contributed by atoms with Crippen molar-refractivity contribution in [2.45, 2.75) is 23.6 Å². The molecule has 0 aliphatic rings. The van der Waals surface area contributed by atoms with Crippen LogP contribution in [0.4, 0.5) is 8.78 Å². The lowest BCUT2D eigenvalue weighted by Gasteiger charge is -2.12. The third-order valence-electron chi connectivity index (χ3n) is 5.35. The lowest BCUT2D eigenvalue weighted by molar-refractivity contribution is 0.552. The van der Waals surface area contributed by atoms with Gasteiger partial charge in [0.05, 0.1) is 0 Å². The van der Waals surface area contributed by atoms with Gasteiger partial charge in [-0.3, -0.25) is 0 Å². The first-order valence-corrected chi connectivity index (χ1v) is 11.2. The van der Waals surface area contributed by atoms with Gasteiger partial charge in [0.25, 0.3) is 0 Å². The average Bonchev–Trinajstić information content (AvgIpc) is 2.74. The van der Waals surface area contributed by atoms with Gasteiger partial charge in [0, 0.05) is 0 Å². The second kappa shape index (κ2) is 8.08. The molecule has 31 heavy (non-hydrogen) atoms. The number of hydrogen-bond donors (Lipinski definition) is 0. The topological polar surface area (TPSA) is 34.1 Å². The molecule has 0 N–H and O–H groups in total. The zero-order chi connectivity index (χ0) is 22.2. The van der Waals surface area contributed by atoms with Crippen molar-refractivity contribution in [2.75, 3.05) is 0 Å². The van der Waals surface area contributed by atoms with E-state index in [0.29, 0.717) is 11.1 Å². The minimum atomic E-state index is -4.37. The van der Waals surface area contributed by atoms with Crippen molar-refractivity contribution >= 4 is 9.84 Å². The lowest BCUT2D eigenvalue weighted by Crippen LogP contribution is -2.07. The molecule has 0 bridgehead atoms. The third-order valence-corrected chi connectivity index (χ3v) is 7.18. The van der Waals surface area contributed by atoms with E-state index in [1.54, 1.807) is 0 Å². The highest BCUT2D eigenvalue weighted by Gasteiger charge is 2.26. The maximum Gasteiger partial charge on any atom is 0.212 e. The van der Waals surface area contributed by atoms with Crippen molar-refractivity contribution in [3.05, 3.63) is 108 Å². The lowest BCUT2D eigenvalue weighted by atomic mass is 10.0. The monoisotopic (exact) mass is 434 g/mol. The molecule has 0 aliphatic heterocycles. The fraction of sp³-hybridized carbons (Fsp3) is 0.0769. The van der Waals surface area contributed by atoms with Gasteiger partial charge in [-0.05, 0) is 71.5 Å². The number of aryl methyl sites for hydroxylation is 2. The summed E-state index contributed by atoms with van der Waals surface area (Å²) in [5.41, 5.74) is 4.61. The summed E-state index contributed by atoms with van der Waals surface area (Å²) >= 11 is 0. The second-order valence-corrected chi connectivity index (χ2v) is 9.31. The minimum absolute atomic E-state index is 0.549. The van der Waals surface area contributed by atoms with Gasteiger partial charge in [-0.2, -0.15) is 0 Å². The molecule has 5 heteroatoms. The Labute approximate surface area is 180 Å². The molecule has 0 aliphatic carbocycles. The quantitative estimate of drug-likeness (QED) is 0.356. The van der Waals surface area contributed by atoms with Crippen LogP contribution in [-0.4, -0.2) is 8.42 Å². The molecule has 0 fully saturated rings. The number of hydrogen-bond acceptors (Lipinski definition) is 2. The van der Waals surface area contributed by atoms with E-state index in [0.717, 1.165) is 22.3 Å². The first kappa shape index (κ1) is 20.9. The van der Waals surface area contributed by atoms with E-state index in [4.69, 9.17) is 0 Å². The van der Waals surface area contributed by atoms with Crippen molar-refractivity contribution in [1.29, 1.82) is 0 Å². The van der Waals surface area contributed by atoms with Crippen molar-refractivity contribution in [3.63, 3.8) is 0 Å². The first-order chi connectivity index (χ1) is 14.8. The molecule has 0 atom stereocenters.